The summed E-state index contributed by atoms with van der Waals surface area (Å²) in [7, 11) is 0. The standard InChI is InChI=1S/C7H4ClNO2/c8-4-1-2-5-6(7(4)10)9-3-11-5/h1-3,10H/p-1. The number of benzene rings is 1. The van der Waals surface area contributed by atoms with Crippen LogP contribution < -0.4 is 5.11 Å². The van der Waals surface area contributed by atoms with Crippen LogP contribution in [0.3, 0.4) is 0 Å². The van der Waals surface area contributed by atoms with Gasteiger partial charge in [-0.15, -0.1) is 0 Å². The summed E-state index contributed by atoms with van der Waals surface area (Å²) in [6.45, 7) is 0. The van der Waals surface area contributed by atoms with Crippen LogP contribution in [0.5, 0.6) is 5.75 Å². The highest BCUT2D eigenvalue weighted by atomic mass is 35.5. The summed E-state index contributed by atoms with van der Waals surface area (Å²) in [5, 5.41) is 11.3. The lowest BCUT2D eigenvalue weighted by Crippen LogP contribution is -1.91. The minimum absolute atomic E-state index is 0.173. The molecule has 3 nitrogen and oxygen atoms in total. The third-order valence-corrected chi connectivity index (χ3v) is 1.71. The first kappa shape index (κ1) is 6.49. The monoisotopic (exact) mass is 168 g/mol. The van der Waals surface area contributed by atoms with Gasteiger partial charge in [0.1, 0.15) is 5.52 Å². The summed E-state index contributed by atoms with van der Waals surface area (Å²) < 4.78 is 4.88. The van der Waals surface area contributed by atoms with Crippen molar-refractivity contribution < 1.29 is 9.52 Å². The van der Waals surface area contributed by atoms with Gasteiger partial charge in [0.2, 0.25) is 0 Å². The lowest BCUT2D eigenvalue weighted by molar-refractivity contribution is -0.265. The highest BCUT2D eigenvalue weighted by Crippen LogP contribution is 2.28. The number of oxazole rings is 1. The van der Waals surface area contributed by atoms with Crippen molar-refractivity contribution in [3.63, 3.8) is 0 Å². The molecular weight excluding hydrogens is 166 g/mol. The van der Waals surface area contributed by atoms with E-state index in [0.717, 1.165) is 0 Å². The van der Waals surface area contributed by atoms with Crippen LogP contribution in [0.2, 0.25) is 5.02 Å². The molecule has 0 atom stereocenters. The van der Waals surface area contributed by atoms with Crippen molar-refractivity contribution in [2.45, 2.75) is 0 Å². The highest BCUT2D eigenvalue weighted by molar-refractivity contribution is 6.32. The molecule has 2 rings (SSSR count). The maximum atomic E-state index is 11.1. The van der Waals surface area contributed by atoms with Crippen molar-refractivity contribution in [2.75, 3.05) is 0 Å². The Labute approximate surface area is 67.2 Å². The summed E-state index contributed by atoms with van der Waals surface area (Å²) >= 11 is 5.55. The number of hydrogen-bond acceptors (Lipinski definition) is 3. The number of fused-ring (bicyclic) bond motifs is 1. The molecule has 1 heterocycles. The Morgan fingerprint density at radius 3 is 3.09 bits per heavy atom. The highest BCUT2D eigenvalue weighted by Gasteiger charge is 2.00. The van der Waals surface area contributed by atoms with Gasteiger partial charge < -0.3 is 9.52 Å². The normalized spacial score (nSPS) is 10.6. The zero-order valence-electron chi connectivity index (χ0n) is 5.37. The van der Waals surface area contributed by atoms with Gasteiger partial charge in [-0.2, -0.15) is 0 Å². The van der Waals surface area contributed by atoms with Crippen molar-refractivity contribution in [3.8, 4) is 5.75 Å². The molecule has 0 N–H and O–H groups in total. The summed E-state index contributed by atoms with van der Waals surface area (Å²) in [5.41, 5.74) is 0.761. The summed E-state index contributed by atoms with van der Waals surface area (Å²) in [4.78, 5) is 3.72. The van der Waals surface area contributed by atoms with Crippen LogP contribution in [0.25, 0.3) is 11.1 Å². The maximum absolute atomic E-state index is 11.1. The fraction of sp³-hybridized carbons (Fsp3) is 0. The lowest BCUT2D eigenvalue weighted by Gasteiger charge is -2.06. The van der Waals surface area contributed by atoms with Gasteiger partial charge in [0.05, 0.1) is 0 Å². The largest absolute Gasteiger partial charge is 0.870 e. The molecule has 0 saturated heterocycles. The van der Waals surface area contributed by atoms with Crippen molar-refractivity contribution in [3.05, 3.63) is 23.5 Å². The van der Waals surface area contributed by atoms with Gasteiger partial charge in [-0.25, -0.2) is 4.98 Å². The molecule has 0 aliphatic rings. The number of aromatic nitrogens is 1. The molecule has 0 saturated carbocycles. The average molecular weight is 169 g/mol. The van der Waals surface area contributed by atoms with Gasteiger partial charge in [-0.1, -0.05) is 17.4 Å². The van der Waals surface area contributed by atoms with Crippen LogP contribution in [0.4, 0.5) is 0 Å². The van der Waals surface area contributed by atoms with E-state index in [-0.39, 0.29) is 16.3 Å². The molecule has 2 aromatic rings. The van der Waals surface area contributed by atoms with Crippen molar-refractivity contribution >= 4 is 22.7 Å². The van der Waals surface area contributed by atoms with E-state index in [1.165, 1.54) is 12.5 Å². The van der Waals surface area contributed by atoms with E-state index >= 15 is 0 Å². The van der Waals surface area contributed by atoms with Crippen LogP contribution in [0, 0.1) is 0 Å². The number of halogens is 1. The van der Waals surface area contributed by atoms with Gasteiger partial charge in [0.25, 0.3) is 0 Å². The van der Waals surface area contributed by atoms with Crippen molar-refractivity contribution in [1.82, 2.24) is 4.98 Å². The molecule has 4 heteroatoms. The van der Waals surface area contributed by atoms with Crippen LogP contribution in [-0.2, 0) is 0 Å². The zero-order chi connectivity index (χ0) is 7.84. The van der Waals surface area contributed by atoms with Crippen LogP contribution >= 0.6 is 11.6 Å². The summed E-state index contributed by atoms with van der Waals surface area (Å²) in [5.74, 6) is -0.280. The molecule has 56 valence electrons. The molecule has 1 aromatic carbocycles. The molecule has 11 heavy (non-hydrogen) atoms. The Morgan fingerprint density at radius 2 is 2.27 bits per heavy atom. The van der Waals surface area contributed by atoms with Crippen molar-refractivity contribution in [1.29, 1.82) is 0 Å². The lowest BCUT2D eigenvalue weighted by atomic mass is 10.3. The molecule has 0 fully saturated rings. The number of nitrogens with zero attached hydrogens (tertiary/aromatic N) is 1. The molecule has 1 aromatic heterocycles. The van der Waals surface area contributed by atoms with Gasteiger partial charge in [0.15, 0.2) is 12.0 Å². The van der Waals surface area contributed by atoms with Crippen LogP contribution in [0.15, 0.2) is 22.9 Å². The molecule has 0 spiro atoms. The fourth-order valence-electron chi connectivity index (χ4n) is 0.882. The quantitative estimate of drug-likeness (QED) is 0.600. The topological polar surface area (TPSA) is 49.1 Å². The molecule has 0 unspecified atom stereocenters. The zero-order valence-corrected chi connectivity index (χ0v) is 6.13. The van der Waals surface area contributed by atoms with E-state index in [9.17, 15) is 5.11 Å². The first-order valence-electron chi connectivity index (χ1n) is 2.98. The fourth-order valence-corrected chi connectivity index (χ4v) is 1.03. The molecular formula is C7H3ClNO2-. The van der Waals surface area contributed by atoms with E-state index < -0.39 is 0 Å². The Hall–Kier alpha value is -1.22. The smallest absolute Gasteiger partial charge is 0.181 e. The van der Waals surface area contributed by atoms with Gasteiger partial charge in [-0.05, 0) is 12.1 Å². The SMILES string of the molecule is [O-]c1c(Cl)ccc2ocnc12. The second-order valence-electron chi connectivity index (χ2n) is 2.08. The third kappa shape index (κ3) is 0.851. The third-order valence-electron chi connectivity index (χ3n) is 1.41. The predicted octanol–water partition coefficient (Wildman–Crippen LogP) is 1.55. The van der Waals surface area contributed by atoms with E-state index in [4.69, 9.17) is 16.0 Å². The van der Waals surface area contributed by atoms with Crippen LogP contribution in [-0.4, -0.2) is 4.98 Å². The minimum atomic E-state index is -0.280. The van der Waals surface area contributed by atoms with E-state index in [1.54, 1.807) is 6.07 Å². The number of hydrogen-bond donors (Lipinski definition) is 0. The average Bonchev–Trinajstić information content (AvgIpc) is 2.45. The minimum Gasteiger partial charge on any atom is -0.870 e. The molecule has 0 bridgehead atoms. The predicted molar refractivity (Wildman–Crippen MR) is 38.5 cm³/mol. The van der Waals surface area contributed by atoms with E-state index in [0.29, 0.717) is 5.58 Å². The van der Waals surface area contributed by atoms with Gasteiger partial charge in [0, 0.05) is 5.02 Å². The summed E-state index contributed by atoms with van der Waals surface area (Å²) in [6, 6.07) is 3.11. The first-order chi connectivity index (χ1) is 5.29. The van der Waals surface area contributed by atoms with E-state index in [1.807, 2.05) is 0 Å². The second-order valence-corrected chi connectivity index (χ2v) is 2.48. The Morgan fingerprint density at radius 1 is 1.45 bits per heavy atom. The molecule has 0 aliphatic carbocycles. The molecule has 0 radical (unpaired) electrons. The van der Waals surface area contributed by atoms with Gasteiger partial charge >= 0.3 is 0 Å². The maximum Gasteiger partial charge on any atom is 0.181 e. The van der Waals surface area contributed by atoms with Crippen molar-refractivity contribution in [2.24, 2.45) is 0 Å². The number of rotatable bonds is 0. The molecule has 0 aliphatic heterocycles. The van der Waals surface area contributed by atoms with Crippen LogP contribution in [0.1, 0.15) is 0 Å². The second kappa shape index (κ2) is 2.13. The Balaban J connectivity index is 2.93. The Bertz CT molecular complexity index is 396. The summed E-state index contributed by atoms with van der Waals surface area (Å²) in [6.07, 6.45) is 1.22. The Kier molecular flexibility index (Phi) is 1.26. The van der Waals surface area contributed by atoms with E-state index in [2.05, 4.69) is 4.98 Å². The molecule has 0 amide bonds. The first-order valence-corrected chi connectivity index (χ1v) is 3.35. The van der Waals surface area contributed by atoms with Gasteiger partial charge in [-0.3, -0.25) is 0 Å².